The van der Waals surface area contributed by atoms with Crippen LogP contribution in [0.1, 0.15) is 5.56 Å². The standard InChI is InChI=1S/C12H18N2S/c1-15-14-9-7-13(8-10-14)11-12-5-3-2-4-6-12/h2-6H,7-11H2,1H3. The number of rotatable bonds is 3. The molecule has 1 aliphatic heterocycles. The van der Waals surface area contributed by atoms with Crippen molar-refractivity contribution in [3.63, 3.8) is 0 Å². The van der Waals surface area contributed by atoms with Gasteiger partial charge in [0, 0.05) is 32.7 Å². The number of benzene rings is 1. The Balaban J connectivity index is 1.82. The smallest absolute Gasteiger partial charge is 0.0234 e. The first-order valence-corrected chi connectivity index (χ1v) is 6.62. The summed E-state index contributed by atoms with van der Waals surface area (Å²) >= 11 is 1.86. The molecule has 1 aromatic rings. The van der Waals surface area contributed by atoms with Gasteiger partial charge in [-0.25, -0.2) is 4.31 Å². The summed E-state index contributed by atoms with van der Waals surface area (Å²) in [7, 11) is 0. The zero-order valence-electron chi connectivity index (χ0n) is 9.22. The van der Waals surface area contributed by atoms with Crippen LogP contribution in [0.4, 0.5) is 0 Å². The normalized spacial score (nSPS) is 19.3. The summed E-state index contributed by atoms with van der Waals surface area (Å²) in [5.41, 5.74) is 1.43. The minimum absolute atomic E-state index is 1.10. The molecule has 0 bridgehead atoms. The SMILES string of the molecule is CSN1CCN(Cc2ccccc2)CC1. The van der Waals surface area contributed by atoms with E-state index < -0.39 is 0 Å². The summed E-state index contributed by atoms with van der Waals surface area (Å²) in [4.78, 5) is 2.53. The maximum atomic E-state index is 2.53. The molecule has 1 aliphatic rings. The summed E-state index contributed by atoms with van der Waals surface area (Å²) in [5.74, 6) is 0. The van der Waals surface area contributed by atoms with Gasteiger partial charge in [0.15, 0.2) is 0 Å². The van der Waals surface area contributed by atoms with E-state index in [2.05, 4.69) is 45.8 Å². The quantitative estimate of drug-likeness (QED) is 0.723. The fourth-order valence-corrected chi connectivity index (χ4v) is 2.44. The van der Waals surface area contributed by atoms with Gasteiger partial charge in [-0.05, 0) is 11.8 Å². The highest BCUT2D eigenvalue weighted by molar-refractivity contribution is 7.96. The van der Waals surface area contributed by atoms with E-state index >= 15 is 0 Å². The maximum Gasteiger partial charge on any atom is 0.0234 e. The number of nitrogens with zero attached hydrogens (tertiary/aromatic N) is 2. The van der Waals surface area contributed by atoms with Gasteiger partial charge in [-0.15, -0.1) is 0 Å². The van der Waals surface area contributed by atoms with Crippen LogP contribution in [0.2, 0.25) is 0 Å². The van der Waals surface area contributed by atoms with Gasteiger partial charge in [-0.2, -0.15) is 0 Å². The minimum atomic E-state index is 1.10. The lowest BCUT2D eigenvalue weighted by Gasteiger charge is -2.33. The molecule has 0 aliphatic carbocycles. The monoisotopic (exact) mass is 222 g/mol. The average molecular weight is 222 g/mol. The van der Waals surface area contributed by atoms with E-state index in [0.29, 0.717) is 0 Å². The highest BCUT2D eigenvalue weighted by Crippen LogP contribution is 2.12. The lowest BCUT2D eigenvalue weighted by molar-refractivity contribution is 0.189. The van der Waals surface area contributed by atoms with Crippen LogP contribution in [0.3, 0.4) is 0 Å². The Labute approximate surface area is 96.4 Å². The molecule has 0 radical (unpaired) electrons. The van der Waals surface area contributed by atoms with Gasteiger partial charge < -0.3 is 0 Å². The molecule has 0 spiro atoms. The van der Waals surface area contributed by atoms with Gasteiger partial charge in [0.05, 0.1) is 0 Å². The summed E-state index contributed by atoms with van der Waals surface area (Å²) in [6, 6.07) is 10.7. The predicted octanol–water partition coefficient (Wildman–Crippen LogP) is 2.08. The molecule has 2 nitrogen and oxygen atoms in total. The second-order valence-corrected chi connectivity index (χ2v) is 4.75. The highest BCUT2D eigenvalue weighted by atomic mass is 32.2. The van der Waals surface area contributed by atoms with Crippen molar-refractivity contribution < 1.29 is 0 Å². The van der Waals surface area contributed by atoms with Gasteiger partial charge in [0.25, 0.3) is 0 Å². The van der Waals surface area contributed by atoms with Crippen LogP contribution in [-0.2, 0) is 6.54 Å². The Hall–Kier alpha value is -0.510. The molecule has 0 amide bonds. The van der Waals surface area contributed by atoms with E-state index in [1.807, 2.05) is 11.9 Å². The first-order chi connectivity index (χ1) is 7.38. The molecular formula is C12H18N2S. The van der Waals surface area contributed by atoms with Crippen molar-refractivity contribution in [1.29, 1.82) is 0 Å². The molecule has 0 unspecified atom stereocenters. The van der Waals surface area contributed by atoms with Crippen molar-refractivity contribution >= 4 is 11.9 Å². The second kappa shape index (κ2) is 5.54. The lowest BCUT2D eigenvalue weighted by atomic mass is 10.2. The topological polar surface area (TPSA) is 6.48 Å². The molecule has 15 heavy (non-hydrogen) atoms. The van der Waals surface area contributed by atoms with E-state index in [0.717, 1.165) is 6.54 Å². The van der Waals surface area contributed by atoms with Crippen molar-refractivity contribution in [1.82, 2.24) is 9.21 Å². The van der Waals surface area contributed by atoms with E-state index in [1.54, 1.807) is 0 Å². The Morgan fingerprint density at radius 1 is 1.07 bits per heavy atom. The maximum absolute atomic E-state index is 2.53. The van der Waals surface area contributed by atoms with Crippen LogP contribution in [-0.4, -0.2) is 41.6 Å². The van der Waals surface area contributed by atoms with Crippen molar-refractivity contribution in [2.75, 3.05) is 32.4 Å². The zero-order chi connectivity index (χ0) is 10.5. The Morgan fingerprint density at radius 3 is 2.33 bits per heavy atom. The number of hydrogen-bond donors (Lipinski definition) is 0. The van der Waals surface area contributed by atoms with E-state index in [4.69, 9.17) is 0 Å². The molecule has 3 heteroatoms. The summed E-state index contributed by atoms with van der Waals surface area (Å²) < 4.78 is 2.43. The van der Waals surface area contributed by atoms with Crippen molar-refractivity contribution in [2.45, 2.75) is 6.54 Å². The third kappa shape index (κ3) is 3.23. The summed E-state index contributed by atoms with van der Waals surface area (Å²) in [5, 5.41) is 0. The highest BCUT2D eigenvalue weighted by Gasteiger charge is 2.15. The fraction of sp³-hybridized carbons (Fsp3) is 0.500. The molecule has 1 fully saturated rings. The molecule has 0 atom stereocenters. The van der Waals surface area contributed by atoms with Crippen LogP contribution >= 0.6 is 11.9 Å². The van der Waals surface area contributed by atoms with Crippen LogP contribution in [0.15, 0.2) is 30.3 Å². The molecule has 0 saturated carbocycles. The van der Waals surface area contributed by atoms with Crippen molar-refractivity contribution in [2.24, 2.45) is 0 Å². The van der Waals surface area contributed by atoms with Gasteiger partial charge >= 0.3 is 0 Å². The van der Waals surface area contributed by atoms with Crippen LogP contribution in [0, 0.1) is 0 Å². The lowest BCUT2D eigenvalue weighted by Crippen LogP contribution is -2.42. The third-order valence-electron chi connectivity index (χ3n) is 2.84. The van der Waals surface area contributed by atoms with Crippen molar-refractivity contribution in [3.8, 4) is 0 Å². The molecule has 0 aromatic heterocycles. The molecule has 1 heterocycles. The molecule has 1 aromatic carbocycles. The van der Waals surface area contributed by atoms with E-state index in [-0.39, 0.29) is 0 Å². The number of hydrogen-bond acceptors (Lipinski definition) is 3. The van der Waals surface area contributed by atoms with Crippen LogP contribution < -0.4 is 0 Å². The first-order valence-electron chi connectivity index (χ1n) is 5.44. The number of piperazine rings is 1. The molecule has 2 rings (SSSR count). The Morgan fingerprint density at radius 2 is 1.73 bits per heavy atom. The van der Waals surface area contributed by atoms with Gasteiger partial charge in [-0.3, -0.25) is 4.90 Å². The van der Waals surface area contributed by atoms with Gasteiger partial charge in [-0.1, -0.05) is 42.3 Å². The minimum Gasteiger partial charge on any atom is -0.296 e. The zero-order valence-corrected chi connectivity index (χ0v) is 10.0. The largest absolute Gasteiger partial charge is 0.296 e. The summed E-state index contributed by atoms with van der Waals surface area (Å²) in [6.07, 6.45) is 2.16. The third-order valence-corrected chi connectivity index (χ3v) is 3.72. The van der Waals surface area contributed by atoms with Gasteiger partial charge in [0.2, 0.25) is 0 Å². The molecule has 1 saturated heterocycles. The molecule has 0 N–H and O–H groups in total. The van der Waals surface area contributed by atoms with E-state index in [9.17, 15) is 0 Å². The van der Waals surface area contributed by atoms with Crippen LogP contribution in [0.25, 0.3) is 0 Å². The second-order valence-electron chi connectivity index (χ2n) is 3.87. The average Bonchev–Trinajstić information content (AvgIpc) is 2.31. The first kappa shape index (κ1) is 11.0. The molecule has 82 valence electrons. The Bertz CT molecular complexity index is 281. The molecular weight excluding hydrogens is 204 g/mol. The van der Waals surface area contributed by atoms with Crippen LogP contribution in [0.5, 0.6) is 0 Å². The Kier molecular flexibility index (Phi) is 4.06. The fourth-order valence-electron chi connectivity index (χ4n) is 1.91. The summed E-state index contributed by atoms with van der Waals surface area (Å²) in [6.45, 7) is 5.86. The predicted molar refractivity (Wildman–Crippen MR) is 66.8 cm³/mol. The van der Waals surface area contributed by atoms with E-state index in [1.165, 1.54) is 31.7 Å². The van der Waals surface area contributed by atoms with Gasteiger partial charge in [0.1, 0.15) is 0 Å². The van der Waals surface area contributed by atoms with Crippen molar-refractivity contribution in [3.05, 3.63) is 35.9 Å².